The van der Waals surface area contributed by atoms with Crippen LogP contribution in [0.2, 0.25) is 0 Å². The summed E-state index contributed by atoms with van der Waals surface area (Å²) in [5.41, 5.74) is 0.796. The molecule has 0 heterocycles. The van der Waals surface area contributed by atoms with Crippen molar-refractivity contribution in [2.24, 2.45) is 0 Å². The number of hydrogen-bond acceptors (Lipinski definition) is 1. The zero-order chi connectivity index (χ0) is 5.98. The number of hydrogen-bond donors (Lipinski definition) is 0. The van der Waals surface area contributed by atoms with Gasteiger partial charge in [-0.2, -0.15) is 0 Å². The Kier molecular flexibility index (Phi) is 3.95. The Morgan fingerprint density at radius 1 is 1.33 bits per heavy atom. The Bertz CT molecular complexity index is 159. The van der Waals surface area contributed by atoms with E-state index in [1.165, 1.54) is 0 Å². The molecule has 0 aromatic rings. The Hall–Kier alpha value is 0.0200. The van der Waals surface area contributed by atoms with Crippen molar-refractivity contribution in [2.45, 2.75) is 6.92 Å². The van der Waals surface area contributed by atoms with Crippen molar-refractivity contribution >= 4 is 0 Å². The van der Waals surface area contributed by atoms with Gasteiger partial charge in [-0.05, 0) is 5.57 Å². The molecule has 0 amide bonds. The van der Waals surface area contributed by atoms with Crippen LogP contribution in [0, 0.1) is 0 Å². The Labute approximate surface area is 77.1 Å². The van der Waals surface area contributed by atoms with Crippen LogP contribution in [0.4, 0.5) is 0 Å². The van der Waals surface area contributed by atoms with Crippen LogP contribution in [-0.4, -0.2) is 0 Å². The van der Waals surface area contributed by atoms with Gasteiger partial charge < -0.3 is 5.11 Å². The fourth-order valence-electron chi connectivity index (χ4n) is 0.609. The molecule has 1 aliphatic carbocycles. The van der Waals surface area contributed by atoms with Gasteiger partial charge in [0.2, 0.25) is 0 Å². The van der Waals surface area contributed by atoms with E-state index < -0.39 is 0 Å². The maximum absolute atomic E-state index is 10.5. The van der Waals surface area contributed by atoms with Crippen LogP contribution in [0.1, 0.15) is 6.92 Å². The van der Waals surface area contributed by atoms with Crippen LogP contribution in [0.3, 0.4) is 0 Å². The minimum absolute atomic E-state index is 0. The molecule has 0 spiro atoms. The van der Waals surface area contributed by atoms with Crippen LogP contribution in [0.15, 0.2) is 35.6 Å². The third-order valence-corrected chi connectivity index (χ3v) is 1.07. The van der Waals surface area contributed by atoms with E-state index in [0.717, 1.165) is 5.57 Å². The molecule has 1 rings (SSSR count). The van der Waals surface area contributed by atoms with Crippen LogP contribution in [-0.2, 0) is 0 Å². The van der Waals surface area contributed by atoms with Gasteiger partial charge in [0.05, 0.1) is 0 Å². The van der Waals surface area contributed by atoms with Gasteiger partial charge >= 0.3 is 29.6 Å². The summed E-state index contributed by atoms with van der Waals surface area (Å²) in [7, 11) is 0. The second-order valence-electron chi connectivity index (χ2n) is 1.73. The second-order valence-corrected chi connectivity index (χ2v) is 1.73. The van der Waals surface area contributed by atoms with Gasteiger partial charge in [0.15, 0.2) is 0 Å². The summed E-state index contributed by atoms with van der Waals surface area (Å²) in [6.45, 7) is 1.56. The molecule has 0 aromatic carbocycles. The molecule has 0 aliphatic heterocycles. The zero-order valence-corrected chi connectivity index (χ0v) is 7.72. The van der Waals surface area contributed by atoms with E-state index in [1.807, 2.05) is 24.3 Å². The van der Waals surface area contributed by atoms with Crippen molar-refractivity contribution < 1.29 is 34.7 Å². The number of rotatable bonds is 0. The van der Waals surface area contributed by atoms with Gasteiger partial charge in [0.1, 0.15) is 0 Å². The van der Waals surface area contributed by atoms with Crippen LogP contribution in [0.25, 0.3) is 0 Å². The van der Waals surface area contributed by atoms with Crippen LogP contribution < -0.4 is 34.7 Å². The number of allylic oxidation sites excluding steroid dienone is 6. The van der Waals surface area contributed by atoms with E-state index in [-0.39, 0.29) is 35.3 Å². The molecule has 0 atom stereocenters. The van der Waals surface area contributed by atoms with E-state index in [1.54, 1.807) is 6.92 Å². The first-order valence-corrected chi connectivity index (χ1v) is 2.53. The monoisotopic (exact) mass is 130 g/mol. The largest absolute Gasteiger partial charge is 1.00 e. The molecule has 0 fully saturated rings. The normalized spacial score (nSPS) is 13.7. The van der Waals surface area contributed by atoms with Crippen LogP contribution >= 0.6 is 0 Å². The van der Waals surface area contributed by atoms with Crippen molar-refractivity contribution in [2.75, 3.05) is 0 Å². The summed E-state index contributed by atoms with van der Waals surface area (Å²) in [4.78, 5) is 0. The van der Waals surface area contributed by atoms with Crippen molar-refractivity contribution in [3.63, 3.8) is 0 Å². The van der Waals surface area contributed by atoms with Gasteiger partial charge in [-0.1, -0.05) is 31.2 Å². The summed E-state index contributed by atoms with van der Waals surface area (Å²) in [6, 6.07) is 0. The molecule has 0 bridgehead atoms. The molecule has 0 N–H and O–H groups in total. The third kappa shape index (κ3) is 2.39. The molecule has 0 saturated carbocycles. The summed E-state index contributed by atoms with van der Waals surface area (Å²) in [6.07, 6.45) is 7.33. The van der Waals surface area contributed by atoms with Crippen molar-refractivity contribution in [3.05, 3.63) is 35.6 Å². The molecule has 42 valence electrons. The first-order valence-electron chi connectivity index (χ1n) is 2.53. The predicted molar refractivity (Wildman–Crippen MR) is 31.0 cm³/mol. The topological polar surface area (TPSA) is 23.1 Å². The summed E-state index contributed by atoms with van der Waals surface area (Å²) >= 11 is 0. The third-order valence-electron chi connectivity index (χ3n) is 1.07. The van der Waals surface area contributed by atoms with Gasteiger partial charge in [-0.3, -0.25) is 0 Å². The standard InChI is InChI=1S/C7H8O.Na/c1-6(8)7-4-2-3-5-7;/h2-5,8H,1H3;/q;+1/p-1. The molecule has 2 heteroatoms. The van der Waals surface area contributed by atoms with Gasteiger partial charge in [-0.15, -0.1) is 5.76 Å². The average molecular weight is 130 g/mol. The predicted octanol–water partition coefficient (Wildman–Crippen LogP) is -2.25. The van der Waals surface area contributed by atoms with E-state index in [0.29, 0.717) is 0 Å². The molecule has 9 heavy (non-hydrogen) atoms. The Morgan fingerprint density at radius 3 is 2.00 bits per heavy atom. The molecular formula is C7H7NaO. The molecule has 0 radical (unpaired) electrons. The first-order chi connectivity index (χ1) is 3.80. The average Bonchev–Trinajstić information content (AvgIpc) is 2.12. The zero-order valence-electron chi connectivity index (χ0n) is 5.72. The van der Waals surface area contributed by atoms with E-state index in [4.69, 9.17) is 0 Å². The SMILES string of the molecule is CC([O-])=C1C=CC=C1.[Na+]. The first kappa shape index (κ1) is 9.02. The molecule has 0 saturated heterocycles. The van der Waals surface area contributed by atoms with E-state index in [9.17, 15) is 5.11 Å². The molecule has 0 unspecified atom stereocenters. The molecular weight excluding hydrogens is 123 g/mol. The minimum atomic E-state index is 0. The summed E-state index contributed by atoms with van der Waals surface area (Å²) in [5, 5.41) is 10.5. The van der Waals surface area contributed by atoms with E-state index >= 15 is 0 Å². The second kappa shape index (κ2) is 3.94. The molecule has 1 nitrogen and oxygen atoms in total. The molecule has 1 aliphatic rings. The molecule has 0 aromatic heterocycles. The maximum Gasteiger partial charge on any atom is 1.00 e. The van der Waals surface area contributed by atoms with Crippen molar-refractivity contribution in [3.8, 4) is 0 Å². The van der Waals surface area contributed by atoms with Gasteiger partial charge in [-0.25, -0.2) is 0 Å². The Morgan fingerprint density at radius 2 is 1.78 bits per heavy atom. The van der Waals surface area contributed by atoms with E-state index in [2.05, 4.69) is 0 Å². The van der Waals surface area contributed by atoms with Crippen molar-refractivity contribution in [1.82, 2.24) is 0 Å². The van der Waals surface area contributed by atoms with Gasteiger partial charge in [0, 0.05) is 0 Å². The minimum Gasteiger partial charge on any atom is -0.875 e. The van der Waals surface area contributed by atoms with Crippen LogP contribution in [0.5, 0.6) is 0 Å². The smallest absolute Gasteiger partial charge is 0.875 e. The quantitative estimate of drug-likeness (QED) is 0.268. The summed E-state index contributed by atoms with van der Waals surface area (Å²) < 4.78 is 0. The fraction of sp³-hybridized carbons (Fsp3) is 0.143. The Balaban J connectivity index is 0.000000640. The summed E-state index contributed by atoms with van der Waals surface area (Å²) in [5.74, 6) is 0.134. The van der Waals surface area contributed by atoms with Gasteiger partial charge in [0.25, 0.3) is 0 Å². The fourth-order valence-corrected chi connectivity index (χ4v) is 0.609. The van der Waals surface area contributed by atoms with Crippen molar-refractivity contribution in [1.29, 1.82) is 0 Å². The maximum atomic E-state index is 10.5.